The van der Waals surface area contributed by atoms with E-state index < -0.39 is 0 Å². The molecule has 2 aromatic rings. The van der Waals surface area contributed by atoms with Gasteiger partial charge in [-0.3, -0.25) is 0 Å². The topological polar surface area (TPSA) is 25.2 Å². The second-order valence-electron chi connectivity index (χ2n) is 4.07. The Morgan fingerprint density at radius 3 is 2.81 bits per heavy atom. The molecular formula is C13H16FNO. The summed E-state index contributed by atoms with van der Waals surface area (Å²) >= 11 is 0. The van der Waals surface area contributed by atoms with Gasteiger partial charge in [-0.1, -0.05) is 13.0 Å². The van der Waals surface area contributed by atoms with Gasteiger partial charge in [-0.15, -0.1) is 0 Å². The second-order valence-corrected chi connectivity index (χ2v) is 4.07. The lowest BCUT2D eigenvalue weighted by Crippen LogP contribution is -2.07. The van der Waals surface area contributed by atoms with Gasteiger partial charge in [0.05, 0.1) is 12.1 Å². The average Bonchev–Trinajstić information content (AvgIpc) is 2.68. The Hall–Kier alpha value is -1.35. The van der Waals surface area contributed by atoms with Crippen molar-refractivity contribution >= 4 is 10.9 Å². The fourth-order valence-electron chi connectivity index (χ4n) is 2.12. The Morgan fingerprint density at radius 1 is 1.44 bits per heavy atom. The van der Waals surface area contributed by atoms with Crippen LogP contribution in [0.5, 0.6) is 0 Å². The van der Waals surface area contributed by atoms with Gasteiger partial charge in [0.25, 0.3) is 0 Å². The third-order valence-corrected chi connectivity index (χ3v) is 3.02. The van der Waals surface area contributed by atoms with E-state index in [1.54, 1.807) is 6.07 Å². The highest BCUT2D eigenvalue weighted by Crippen LogP contribution is 2.27. The largest absolute Gasteiger partial charge is 0.396 e. The van der Waals surface area contributed by atoms with Crippen LogP contribution in [0.15, 0.2) is 24.3 Å². The van der Waals surface area contributed by atoms with E-state index in [4.69, 9.17) is 0 Å². The molecule has 86 valence electrons. The number of halogens is 1. The first-order chi connectivity index (χ1) is 7.69. The van der Waals surface area contributed by atoms with Gasteiger partial charge in [-0.05, 0) is 25.1 Å². The number of rotatable bonds is 3. The van der Waals surface area contributed by atoms with Crippen molar-refractivity contribution < 1.29 is 9.50 Å². The quantitative estimate of drug-likeness (QED) is 0.847. The Labute approximate surface area is 94.3 Å². The first-order valence-electron chi connectivity index (χ1n) is 5.57. The minimum Gasteiger partial charge on any atom is -0.396 e. The molecule has 1 unspecified atom stereocenters. The number of hydrogen-bond acceptors (Lipinski definition) is 1. The van der Waals surface area contributed by atoms with Gasteiger partial charge in [-0.25, -0.2) is 4.39 Å². The molecule has 0 aliphatic carbocycles. The maximum Gasteiger partial charge on any atom is 0.132 e. The lowest BCUT2D eigenvalue weighted by molar-refractivity contribution is 0.269. The molecule has 1 heterocycles. The molecule has 1 aromatic heterocycles. The minimum absolute atomic E-state index is 0.0340. The Kier molecular flexibility index (Phi) is 2.97. The lowest BCUT2D eigenvalue weighted by Gasteiger charge is -2.12. The summed E-state index contributed by atoms with van der Waals surface area (Å²) in [4.78, 5) is 0. The highest BCUT2D eigenvalue weighted by Gasteiger charge is 2.14. The predicted molar refractivity (Wildman–Crippen MR) is 63.1 cm³/mol. The van der Waals surface area contributed by atoms with Gasteiger partial charge in [0, 0.05) is 23.5 Å². The summed E-state index contributed by atoms with van der Waals surface area (Å²) in [7, 11) is 0. The number of hydrogen-bond donors (Lipinski definition) is 1. The molecule has 0 bridgehead atoms. The highest BCUT2D eigenvalue weighted by atomic mass is 19.1. The molecule has 0 spiro atoms. The van der Waals surface area contributed by atoms with Gasteiger partial charge in [0.2, 0.25) is 0 Å². The van der Waals surface area contributed by atoms with E-state index in [1.807, 2.05) is 26.0 Å². The number of aromatic nitrogens is 1. The van der Waals surface area contributed by atoms with E-state index in [2.05, 4.69) is 4.57 Å². The zero-order valence-electron chi connectivity index (χ0n) is 9.57. The summed E-state index contributed by atoms with van der Waals surface area (Å²) in [5, 5.41) is 9.83. The summed E-state index contributed by atoms with van der Waals surface area (Å²) in [6, 6.07) is 6.94. The van der Waals surface area contributed by atoms with Crippen LogP contribution in [0.4, 0.5) is 4.39 Å². The highest BCUT2D eigenvalue weighted by molar-refractivity contribution is 5.82. The standard InChI is InChI=1S/C13H16FNO/c1-3-15-12-6-4-5-11(14)10(12)7-13(15)9(2)8-16/h4-7,9,16H,3,8H2,1-2H3. The summed E-state index contributed by atoms with van der Waals surface area (Å²) in [5.74, 6) is -0.164. The van der Waals surface area contributed by atoms with E-state index in [1.165, 1.54) is 6.07 Å². The molecule has 1 atom stereocenters. The van der Waals surface area contributed by atoms with E-state index in [0.29, 0.717) is 5.39 Å². The average molecular weight is 221 g/mol. The number of aryl methyl sites for hydroxylation is 1. The molecule has 0 saturated heterocycles. The van der Waals surface area contributed by atoms with E-state index in [0.717, 1.165) is 17.8 Å². The zero-order valence-corrected chi connectivity index (χ0v) is 9.57. The number of benzene rings is 1. The first-order valence-corrected chi connectivity index (χ1v) is 5.57. The third-order valence-electron chi connectivity index (χ3n) is 3.02. The molecule has 1 N–H and O–H groups in total. The van der Waals surface area contributed by atoms with Crippen molar-refractivity contribution in [1.82, 2.24) is 4.57 Å². The van der Waals surface area contributed by atoms with Crippen molar-refractivity contribution in [2.45, 2.75) is 26.3 Å². The van der Waals surface area contributed by atoms with Crippen LogP contribution in [-0.2, 0) is 6.54 Å². The van der Waals surface area contributed by atoms with Gasteiger partial charge in [0.1, 0.15) is 5.82 Å². The van der Waals surface area contributed by atoms with Gasteiger partial charge in [-0.2, -0.15) is 0 Å². The molecule has 3 heteroatoms. The van der Waals surface area contributed by atoms with Crippen LogP contribution in [0.25, 0.3) is 10.9 Å². The number of aliphatic hydroxyl groups is 1. The van der Waals surface area contributed by atoms with Crippen molar-refractivity contribution in [3.63, 3.8) is 0 Å². The van der Waals surface area contributed by atoms with Crippen molar-refractivity contribution in [3.05, 3.63) is 35.8 Å². The van der Waals surface area contributed by atoms with Crippen molar-refractivity contribution in [2.24, 2.45) is 0 Å². The second kappa shape index (κ2) is 4.26. The number of nitrogens with zero attached hydrogens (tertiary/aromatic N) is 1. The molecule has 0 fully saturated rings. The fourth-order valence-corrected chi connectivity index (χ4v) is 2.12. The van der Waals surface area contributed by atoms with E-state index in [-0.39, 0.29) is 18.3 Å². The molecule has 0 saturated carbocycles. The Balaban J connectivity index is 2.71. The Morgan fingerprint density at radius 2 is 2.19 bits per heavy atom. The molecule has 2 rings (SSSR count). The molecule has 0 aliphatic rings. The molecular weight excluding hydrogens is 205 g/mol. The maximum atomic E-state index is 13.6. The van der Waals surface area contributed by atoms with Gasteiger partial charge in [0.15, 0.2) is 0 Å². The fraction of sp³-hybridized carbons (Fsp3) is 0.385. The minimum atomic E-state index is -0.198. The van der Waals surface area contributed by atoms with E-state index >= 15 is 0 Å². The Bertz CT molecular complexity index is 504. The first kappa shape index (κ1) is 11.1. The summed E-state index contributed by atoms with van der Waals surface area (Å²) < 4.78 is 15.7. The SMILES string of the molecule is CCn1c(C(C)CO)cc2c(F)cccc21. The molecule has 1 aromatic carbocycles. The third kappa shape index (κ3) is 1.61. The summed E-state index contributed by atoms with van der Waals surface area (Å²) in [5.41, 5.74) is 1.89. The van der Waals surface area contributed by atoms with Crippen LogP contribution >= 0.6 is 0 Å². The smallest absolute Gasteiger partial charge is 0.132 e. The summed E-state index contributed by atoms with van der Waals surface area (Å²) in [6.07, 6.45) is 0. The molecule has 2 nitrogen and oxygen atoms in total. The van der Waals surface area contributed by atoms with Crippen molar-refractivity contribution in [3.8, 4) is 0 Å². The van der Waals surface area contributed by atoms with Crippen LogP contribution < -0.4 is 0 Å². The zero-order chi connectivity index (χ0) is 11.7. The van der Waals surface area contributed by atoms with Crippen LogP contribution in [0.2, 0.25) is 0 Å². The van der Waals surface area contributed by atoms with Gasteiger partial charge >= 0.3 is 0 Å². The van der Waals surface area contributed by atoms with Crippen LogP contribution in [0.3, 0.4) is 0 Å². The van der Waals surface area contributed by atoms with Gasteiger partial charge < -0.3 is 9.67 Å². The molecule has 0 amide bonds. The molecule has 0 radical (unpaired) electrons. The van der Waals surface area contributed by atoms with E-state index in [9.17, 15) is 9.50 Å². The van der Waals surface area contributed by atoms with Crippen molar-refractivity contribution in [2.75, 3.05) is 6.61 Å². The van der Waals surface area contributed by atoms with Crippen molar-refractivity contribution in [1.29, 1.82) is 0 Å². The lowest BCUT2D eigenvalue weighted by atomic mass is 10.1. The molecule has 16 heavy (non-hydrogen) atoms. The number of fused-ring (bicyclic) bond motifs is 1. The monoisotopic (exact) mass is 221 g/mol. The van der Waals surface area contributed by atoms with Crippen LogP contribution in [-0.4, -0.2) is 16.3 Å². The normalized spacial score (nSPS) is 13.2. The summed E-state index contributed by atoms with van der Waals surface area (Å²) in [6.45, 7) is 4.83. The number of aliphatic hydroxyl groups excluding tert-OH is 1. The molecule has 0 aliphatic heterocycles. The van der Waals surface area contributed by atoms with Crippen LogP contribution in [0, 0.1) is 5.82 Å². The maximum absolute atomic E-state index is 13.6. The predicted octanol–water partition coefficient (Wildman–Crippen LogP) is 2.90. The van der Waals surface area contributed by atoms with Crippen LogP contribution in [0.1, 0.15) is 25.5 Å².